The van der Waals surface area contributed by atoms with E-state index < -0.39 is 26.7 Å². The van der Waals surface area contributed by atoms with E-state index in [0.717, 1.165) is 0 Å². The van der Waals surface area contributed by atoms with Crippen LogP contribution in [0, 0.1) is 6.92 Å². The second-order valence-corrected chi connectivity index (χ2v) is 10.3. The van der Waals surface area contributed by atoms with Crippen LogP contribution in [0.25, 0.3) is 10.8 Å². The zero-order valence-electron chi connectivity index (χ0n) is 21.0. The normalized spacial score (nSPS) is 11.4. The van der Waals surface area contributed by atoms with Gasteiger partial charge >= 0.3 is 29.6 Å². The molecule has 0 saturated carbocycles. The fourth-order valence-corrected chi connectivity index (χ4v) is 5.16. The SMILES string of the molecule is CCOc1ccc(Cl)c(NC(=O)c2cc3ccccc3c(N=Nc3cc(C)cc(Cl)c3S(=O)(=O)O)c2[O-])c1.[Na+]. The van der Waals surface area contributed by atoms with Crippen LogP contribution in [0.15, 0.2) is 75.8 Å². The van der Waals surface area contributed by atoms with Gasteiger partial charge in [-0.3, -0.25) is 9.35 Å². The van der Waals surface area contributed by atoms with Gasteiger partial charge < -0.3 is 15.2 Å². The predicted octanol–water partition coefficient (Wildman–Crippen LogP) is 3.85. The molecule has 0 aliphatic heterocycles. The summed E-state index contributed by atoms with van der Waals surface area (Å²) >= 11 is 12.3. The van der Waals surface area contributed by atoms with Gasteiger partial charge in [0.15, 0.2) is 0 Å². The fourth-order valence-electron chi connectivity index (χ4n) is 3.77. The van der Waals surface area contributed by atoms with Crippen molar-refractivity contribution in [3.05, 3.63) is 81.8 Å². The van der Waals surface area contributed by atoms with Crippen LogP contribution in [0.4, 0.5) is 17.1 Å². The maximum Gasteiger partial charge on any atom is 1.00 e. The number of hydrogen-bond acceptors (Lipinski definition) is 7. The number of benzene rings is 4. The van der Waals surface area contributed by atoms with Crippen molar-refractivity contribution in [2.24, 2.45) is 10.2 Å². The van der Waals surface area contributed by atoms with Gasteiger partial charge in [0.25, 0.3) is 16.0 Å². The van der Waals surface area contributed by atoms with Gasteiger partial charge in [0, 0.05) is 17.0 Å². The molecule has 0 heterocycles. The van der Waals surface area contributed by atoms with E-state index in [2.05, 4.69) is 15.5 Å². The van der Waals surface area contributed by atoms with Gasteiger partial charge in [-0.15, -0.1) is 5.11 Å². The number of halogens is 2. The van der Waals surface area contributed by atoms with Gasteiger partial charge in [0.05, 0.1) is 28.0 Å². The van der Waals surface area contributed by atoms with Crippen LogP contribution in [0.3, 0.4) is 0 Å². The Morgan fingerprint density at radius 2 is 1.77 bits per heavy atom. The van der Waals surface area contributed by atoms with Crippen molar-refractivity contribution >= 4 is 67.1 Å². The van der Waals surface area contributed by atoms with E-state index in [1.807, 2.05) is 6.92 Å². The molecule has 2 N–H and O–H groups in total. The summed E-state index contributed by atoms with van der Waals surface area (Å²) in [5, 5.41) is 24.9. The summed E-state index contributed by atoms with van der Waals surface area (Å²) in [7, 11) is -4.76. The number of hydrogen-bond donors (Lipinski definition) is 2. The fraction of sp³-hybridized carbons (Fsp3) is 0.115. The Balaban J connectivity index is 0.00000420. The maximum absolute atomic E-state index is 13.4. The smallest absolute Gasteiger partial charge is 0.870 e. The molecule has 9 nitrogen and oxygen atoms in total. The number of amides is 1. The van der Waals surface area contributed by atoms with Gasteiger partial charge in [-0.2, -0.15) is 13.5 Å². The number of fused-ring (bicyclic) bond motifs is 1. The molecule has 0 aliphatic carbocycles. The molecular formula is C26H20Cl2N3NaO6S. The van der Waals surface area contributed by atoms with Gasteiger partial charge in [-0.1, -0.05) is 53.2 Å². The Hall–Kier alpha value is -2.70. The first-order valence-electron chi connectivity index (χ1n) is 11.2. The number of nitrogens with one attached hydrogen (secondary N) is 1. The number of carbonyl (C=O) groups is 1. The number of nitrogens with zero attached hydrogens (tertiary/aromatic N) is 2. The van der Waals surface area contributed by atoms with Crippen LogP contribution < -0.4 is 44.7 Å². The molecule has 1 amide bonds. The van der Waals surface area contributed by atoms with Crippen molar-refractivity contribution in [3.63, 3.8) is 0 Å². The van der Waals surface area contributed by atoms with Crippen LogP contribution in [-0.2, 0) is 10.1 Å². The van der Waals surface area contributed by atoms with E-state index in [1.165, 1.54) is 24.3 Å². The molecule has 0 fully saturated rings. The molecule has 196 valence electrons. The minimum atomic E-state index is -4.76. The molecule has 0 bridgehead atoms. The van der Waals surface area contributed by atoms with Gasteiger partial charge in [-0.05, 0) is 55.1 Å². The van der Waals surface area contributed by atoms with E-state index in [4.69, 9.17) is 27.9 Å². The molecule has 39 heavy (non-hydrogen) atoms. The minimum Gasteiger partial charge on any atom is -0.870 e. The predicted molar refractivity (Wildman–Crippen MR) is 144 cm³/mol. The standard InChI is InChI=1S/C26H21Cl2N3O6S.Na/c1-3-37-16-8-9-19(27)21(13-16)29-26(33)18-12-15-6-4-5-7-17(15)23(24(18)32)31-30-22-11-14(2)10-20(28)25(22)38(34,35)36;/h4-13,32H,3H2,1-2H3,(H,29,33)(H,34,35,36);/q;+1/p-1. The number of ether oxygens (including phenoxy) is 1. The second-order valence-electron chi connectivity index (χ2n) is 8.12. The summed E-state index contributed by atoms with van der Waals surface area (Å²) < 4.78 is 38.9. The average Bonchev–Trinajstić information content (AvgIpc) is 2.84. The third-order valence-electron chi connectivity index (χ3n) is 5.40. The summed E-state index contributed by atoms with van der Waals surface area (Å²) in [5.41, 5.74) is 0.0675. The number of carbonyl (C=O) groups excluding carboxylic acids is 1. The van der Waals surface area contributed by atoms with Gasteiger partial charge in [0.1, 0.15) is 16.3 Å². The molecule has 0 atom stereocenters. The van der Waals surface area contributed by atoms with Crippen LogP contribution >= 0.6 is 23.2 Å². The second kappa shape index (κ2) is 12.6. The van der Waals surface area contributed by atoms with Crippen LogP contribution in [-0.4, -0.2) is 25.5 Å². The van der Waals surface area contributed by atoms with Crippen molar-refractivity contribution in [2.75, 3.05) is 11.9 Å². The molecular weight excluding hydrogens is 576 g/mol. The Bertz CT molecular complexity index is 1710. The van der Waals surface area contributed by atoms with Crippen molar-refractivity contribution in [1.29, 1.82) is 0 Å². The molecule has 0 aliphatic rings. The zero-order valence-corrected chi connectivity index (χ0v) is 25.4. The number of anilines is 1. The molecule has 0 aromatic heterocycles. The molecule has 13 heteroatoms. The van der Waals surface area contributed by atoms with Crippen LogP contribution in [0.5, 0.6) is 11.5 Å². The molecule has 0 unspecified atom stereocenters. The van der Waals surface area contributed by atoms with E-state index in [-0.39, 0.29) is 62.2 Å². The molecule has 4 aromatic carbocycles. The van der Waals surface area contributed by atoms with E-state index in [9.17, 15) is 22.9 Å². The minimum absolute atomic E-state index is 0. The van der Waals surface area contributed by atoms with Crippen molar-refractivity contribution < 1.29 is 57.2 Å². The van der Waals surface area contributed by atoms with Crippen LogP contribution in [0.2, 0.25) is 10.0 Å². The number of aryl methyl sites for hydroxylation is 1. The Kier molecular flexibility index (Phi) is 10.0. The molecule has 0 radical (unpaired) electrons. The van der Waals surface area contributed by atoms with E-state index >= 15 is 0 Å². The summed E-state index contributed by atoms with van der Waals surface area (Å²) in [6.07, 6.45) is 0. The first-order chi connectivity index (χ1) is 18.0. The maximum atomic E-state index is 13.4. The van der Waals surface area contributed by atoms with Gasteiger partial charge in [-0.25, -0.2) is 0 Å². The molecule has 0 spiro atoms. The molecule has 4 aromatic rings. The quantitative estimate of drug-likeness (QED) is 0.189. The van der Waals surface area contributed by atoms with Gasteiger partial charge in [0.2, 0.25) is 0 Å². The average molecular weight is 596 g/mol. The topological polar surface area (TPSA) is 140 Å². The number of azo groups is 1. The Labute approximate surface area is 256 Å². The number of rotatable bonds is 7. The zero-order chi connectivity index (χ0) is 27.6. The first-order valence-corrected chi connectivity index (χ1v) is 13.3. The molecule has 4 rings (SSSR count). The summed E-state index contributed by atoms with van der Waals surface area (Å²) in [4.78, 5) is 12.5. The van der Waals surface area contributed by atoms with E-state index in [0.29, 0.717) is 28.7 Å². The third-order valence-corrected chi connectivity index (χ3v) is 7.09. The van der Waals surface area contributed by atoms with Crippen molar-refractivity contribution in [1.82, 2.24) is 0 Å². The Morgan fingerprint density at radius 1 is 1.05 bits per heavy atom. The summed E-state index contributed by atoms with van der Waals surface area (Å²) in [6, 6.07) is 15.5. The Morgan fingerprint density at radius 3 is 2.46 bits per heavy atom. The largest absolute Gasteiger partial charge is 1.00 e. The monoisotopic (exact) mass is 595 g/mol. The summed E-state index contributed by atoms with van der Waals surface area (Å²) in [5.74, 6) is -1.02. The van der Waals surface area contributed by atoms with Crippen molar-refractivity contribution in [3.8, 4) is 11.5 Å². The van der Waals surface area contributed by atoms with E-state index in [1.54, 1.807) is 43.3 Å². The van der Waals surface area contributed by atoms with Crippen LogP contribution in [0.1, 0.15) is 22.8 Å². The van der Waals surface area contributed by atoms with Crippen molar-refractivity contribution in [2.45, 2.75) is 18.7 Å². The molecule has 0 saturated heterocycles. The third kappa shape index (κ3) is 6.90. The summed E-state index contributed by atoms with van der Waals surface area (Å²) in [6.45, 7) is 3.86. The first kappa shape index (κ1) is 30.8.